The number of carboxylic acids is 1. The molecule has 0 saturated carbocycles. The quantitative estimate of drug-likeness (QED) is 0.838. The van der Waals surface area contributed by atoms with Gasteiger partial charge in [-0.25, -0.2) is 0 Å². The van der Waals surface area contributed by atoms with E-state index in [4.69, 9.17) is 34.0 Å². The summed E-state index contributed by atoms with van der Waals surface area (Å²) in [5, 5.41) is 9.11. The predicted octanol–water partition coefficient (Wildman–Crippen LogP) is 1.86. The van der Waals surface area contributed by atoms with Crippen molar-refractivity contribution in [3.63, 3.8) is 0 Å². The maximum atomic E-state index is 10.4. The first kappa shape index (κ1) is 11.2. The zero-order valence-corrected chi connectivity index (χ0v) is 8.59. The summed E-state index contributed by atoms with van der Waals surface area (Å²) in [6, 6.07) is -0.713. The number of hydrogen-bond acceptors (Lipinski definition) is 3. The monoisotopic (exact) mass is 234 g/mol. The van der Waals surface area contributed by atoms with E-state index in [9.17, 15) is 4.79 Å². The van der Waals surface area contributed by atoms with E-state index in [2.05, 4.69) is 4.98 Å². The molecule has 1 atom stereocenters. The topological polar surface area (TPSA) is 76.2 Å². The molecule has 1 heterocycles. The maximum absolute atomic E-state index is 10.4. The molecule has 76 valence electrons. The molecule has 0 spiro atoms. The molecule has 0 aliphatic carbocycles. The van der Waals surface area contributed by atoms with E-state index in [1.54, 1.807) is 0 Å². The Kier molecular flexibility index (Phi) is 3.69. The molecule has 1 aromatic rings. The molecule has 0 aliphatic heterocycles. The average molecular weight is 235 g/mol. The van der Waals surface area contributed by atoms with Gasteiger partial charge in [-0.15, -0.1) is 0 Å². The van der Waals surface area contributed by atoms with Gasteiger partial charge in [0.1, 0.15) is 0 Å². The lowest BCUT2D eigenvalue weighted by molar-refractivity contribution is -0.137. The van der Waals surface area contributed by atoms with Crippen LogP contribution in [0.2, 0.25) is 10.0 Å². The van der Waals surface area contributed by atoms with Crippen LogP contribution in [0.1, 0.15) is 18.0 Å². The van der Waals surface area contributed by atoms with Crippen LogP contribution in [-0.4, -0.2) is 16.1 Å². The molecule has 6 heteroatoms. The van der Waals surface area contributed by atoms with Gasteiger partial charge in [0.05, 0.1) is 16.5 Å². The number of carbonyl (C=O) groups is 1. The third-order valence-electron chi connectivity index (χ3n) is 1.66. The highest BCUT2D eigenvalue weighted by molar-refractivity contribution is 6.35. The number of aliphatic carboxylic acids is 1. The van der Waals surface area contributed by atoms with Crippen molar-refractivity contribution in [2.24, 2.45) is 5.73 Å². The van der Waals surface area contributed by atoms with Crippen molar-refractivity contribution in [1.29, 1.82) is 0 Å². The van der Waals surface area contributed by atoms with Gasteiger partial charge in [-0.2, -0.15) is 0 Å². The number of nitrogens with zero attached hydrogens (tertiary/aromatic N) is 1. The number of aromatic nitrogens is 1. The maximum Gasteiger partial charge on any atom is 0.305 e. The summed E-state index contributed by atoms with van der Waals surface area (Å²) in [6.07, 6.45) is 2.54. The Balaban J connectivity index is 2.99. The van der Waals surface area contributed by atoms with E-state index in [0.29, 0.717) is 5.56 Å². The van der Waals surface area contributed by atoms with Crippen LogP contribution >= 0.6 is 23.2 Å². The molecule has 1 rings (SSSR count). The standard InChI is InChI=1S/C8H8Cl2N2O2/c9-4-2-12-3-5(10)8(4)6(11)1-7(13)14/h2-3,6H,1,11H2,(H,13,14)/t6-/m1/s1. The van der Waals surface area contributed by atoms with Crippen molar-refractivity contribution in [3.8, 4) is 0 Å². The van der Waals surface area contributed by atoms with Gasteiger partial charge in [0.25, 0.3) is 0 Å². The highest BCUT2D eigenvalue weighted by Gasteiger charge is 2.17. The fourth-order valence-electron chi connectivity index (χ4n) is 1.07. The molecule has 0 fully saturated rings. The van der Waals surface area contributed by atoms with Crippen molar-refractivity contribution in [2.45, 2.75) is 12.5 Å². The summed E-state index contributed by atoms with van der Waals surface area (Å²) >= 11 is 11.6. The lowest BCUT2D eigenvalue weighted by atomic mass is 10.1. The van der Waals surface area contributed by atoms with Gasteiger partial charge in [-0.3, -0.25) is 9.78 Å². The zero-order valence-electron chi connectivity index (χ0n) is 7.08. The van der Waals surface area contributed by atoms with Gasteiger partial charge in [0.15, 0.2) is 0 Å². The summed E-state index contributed by atoms with van der Waals surface area (Å²) in [5.74, 6) is -0.999. The number of nitrogens with two attached hydrogens (primary N) is 1. The molecule has 0 aromatic carbocycles. The lowest BCUT2D eigenvalue weighted by Crippen LogP contribution is -2.16. The number of halogens is 2. The first-order chi connectivity index (χ1) is 6.52. The van der Waals surface area contributed by atoms with Gasteiger partial charge in [0, 0.05) is 24.0 Å². The van der Waals surface area contributed by atoms with Crippen LogP contribution in [0.25, 0.3) is 0 Å². The van der Waals surface area contributed by atoms with E-state index >= 15 is 0 Å². The van der Waals surface area contributed by atoms with Crippen molar-refractivity contribution in [1.82, 2.24) is 4.98 Å². The van der Waals surface area contributed by atoms with Crippen molar-refractivity contribution in [3.05, 3.63) is 28.0 Å². The average Bonchev–Trinajstić information content (AvgIpc) is 2.01. The predicted molar refractivity (Wildman–Crippen MR) is 53.4 cm³/mol. The van der Waals surface area contributed by atoms with Crippen LogP contribution in [0.3, 0.4) is 0 Å². The number of hydrogen-bond donors (Lipinski definition) is 2. The van der Waals surface area contributed by atoms with Gasteiger partial charge in [-0.1, -0.05) is 23.2 Å². The van der Waals surface area contributed by atoms with Crippen LogP contribution in [0.5, 0.6) is 0 Å². The van der Waals surface area contributed by atoms with Gasteiger partial charge in [-0.05, 0) is 0 Å². The third-order valence-corrected chi connectivity index (χ3v) is 2.26. The lowest BCUT2D eigenvalue weighted by Gasteiger charge is -2.12. The molecule has 14 heavy (non-hydrogen) atoms. The third kappa shape index (κ3) is 2.57. The Morgan fingerprint density at radius 1 is 1.50 bits per heavy atom. The molecule has 3 N–H and O–H groups in total. The van der Waals surface area contributed by atoms with E-state index < -0.39 is 12.0 Å². The Bertz CT molecular complexity index is 337. The summed E-state index contributed by atoms with van der Waals surface area (Å²) in [4.78, 5) is 14.2. The smallest absolute Gasteiger partial charge is 0.305 e. The second-order valence-electron chi connectivity index (χ2n) is 2.72. The van der Waals surface area contributed by atoms with Gasteiger partial charge >= 0.3 is 5.97 Å². The first-order valence-electron chi connectivity index (χ1n) is 3.78. The summed E-state index contributed by atoms with van der Waals surface area (Å²) in [5.41, 5.74) is 6.04. The van der Waals surface area contributed by atoms with Crippen LogP contribution in [0.15, 0.2) is 12.4 Å². The highest BCUT2D eigenvalue weighted by Crippen LogP contribution is 2.29. The molecule has 0 unspecified atom stereocenters. The summed E-state index contributed by atoms with van der Waals surface area (Å²) in [7, 11) is 0. The van der Waals surface area contributed by atoms with E-state index in [0.717, 1.165) is 0 Å². The number of rotatable bonds is 3. The Morgan fingerprint density at radius 2 is 2.00 bits per heavy atom. The van der Waals surface area contributed by atoms with Crippen molar-refractivity contribution < 1.29 is 9.90 Å². The highest BCUT2D eigenvalue weighted by atomic mass is 35.5. The van der Waals surface area contributed by atoms with Gasteiger partial charge in [0.2, 0.25) is 0 Å². The van der Waals surface area contributed by atoms with Crippen LogP contribution in [-0.2, 0) is 4.79 Å². The fraction of sp³-hybridized carbons (Fsp3) is 0.250. The van der Waals surface area contributed by atoms with E-state index in [-0.39, 0.29) is 16.5 Å². The Morgan fingerprint density at radius 3 is 2.43 bits per heavy atom. The number of pyridine rings is 1. The molecule has 1 aromatic heterocycles. The largest absolute Gasteiger partial charge is 0.481 e. The van der Waals surface area contributed by atoms with Crippen LogP contribution in [0, 0.1) is 0 Å². The molecule has 0 saturated heterocycles. The zero-order chi connectivity index (χ0) is 10.7. The minimum absolute atomic E-state index is 0.219. The number of carboxylic acid groups (broad SMARTS) is 1. The van der Waals surface area contributed by atoms with Crippen molar-refractivity contribution >= 4 is 29.2 Å². The molecule has 4 nitrogen and oxygen atoms in total. The molecule has 0 radical (unpaired) electrons. The minimum Gasteiger partial charge on any atom is -0.481 e. The first-order valence-corrected chi connectivity index (χ1v) is 4.54. The van der Waals surface area contributed by atoms with Crippen molar-refractivity contribution in [2.75, 3.05) is 0 Å². The summed E-state index contributed by atoms with van der Waals surface area (Å²) < 4.78 is 0. The van der Waals surface area contributed by atoms with Crippen LogP contribution in [0.4, 0.5) is 0 Å². The second-order valence-corrected chi connectivity index (χ2v) is 3.54. The second kappa shape index (κ2) is 4.59. The van der Waals surface area contributed by atoms with Crippen LogP contribution < -0.4 is 5.73 Å². The molecule has 0 aliphatic rings. The minimum atomic E-state index is -0.999. The Hall–Kier alpha value is -0.840. The molecule has 0 amide bonds. The van der Waals surface area contributed by atoms with E-state index in [1.165, 1.54) is 12.4 Å². The Labute approximate surface area is 90.6 Å². The molecule has 0 bridgehead atoms. The van der Waals surface area contributed by atoms with E-state index in [1.807, 2.05) is 0 Å². The SMILES string of the molecule is N[C@H](CC(=O)O)c1c(Cl)cncc1Cl. The molecular weight excluding hydrogens is 227 g/mol. The summed E-state index contributed by atoms with van der Waals surface area (Å²) in [6.45, 7) is 0. The fourth-order valence-corrected chi connectivity index (χ4v) is 1.71. The van der Waals surface area contributed by atoms with Gasteiger partial charge < -0.3 is 10.8 Å². The molecular formula is C8H8Cl2N2O2. The normalized spacial score (nSPS) is 12.5.